The molecule has 0 radical (unpaired) electrons. The molecule has 128 valence electrons. The summed E-state index contributed by atoms with van der Waals surface area (Å²) in [6, 6.07) is 6.90. The van der Waals surface area contributed by atoms with E-state index in [1.807, 2.05) is 0 Å². The minimum Gasteiger partial charge on any atom is -0.352 e. The lowest BCUT2D eigenvalue weighted by Crippen LogP contribution is -2.36. The lowest BCUT2D eigenvalue weighted by Gasteiger charge is -2.26. The molecule has 0 bridgehead atoms. The van der Waals surface area contributed by atoms with Crippen LogP contribution in [-0.4, -0.2) is 45.3 Å². The highest BCUT2D eigenvalue weighted by molar-refractivity contribution is 7.89. The number of rotatable bonds is 7. The number of piperidine rings is 1. The van der Waals surface area contributed by atoms with Crippen molar-refractivity contribution in [1.29, 1.82) is 0 Å². The van der Waals surface area contributed by atoms with Crippen LogP contribution in [0.2, 0.25) is 0 Å². The third-order valence-electron chi connectivity index (χ3n) is 3.98. The van der Waals surface area contributed by atoms with E-state index in [-0.39, 0.29) is 12.5 Å². The summed E-state index contributed by atoms with van der Waals surface area (Å²) in [5.41, 5.74) is 0.635. The van der Waals surface area contributed by atoms with Gasteiger partial charge < -0.3 is 10.6 Å². The fraction of sp³-hybridized carbons (Fsp3) is 0.562. The van der Waals surface area contributed by atoms with Gasteiger partial charge in [-0.1, -0.05) is 24.6 Å². The summed E-state index contributed by atoms with van der Waals surface area (Å²) in [4.78, 5) is 12.0. The Kier molecular flexibility index (Phi) is 6.56. The molecule has 23 heavy (non-hydrogen) atoms. The molecular weight excluding hydrogens is 314 g/mol. The number of nitrogens with zero attached hydrogens (tertiary/aromatic N) is 1. The third kappa shape index (κ3) is 4.76. The van der Waals surface area contributed by atoms with Crippen molar-refractivity contribution in [3.8, 4) is 0 Å². The van der Waals surface area contributed by atoms with Crippen molar-refractivity contribution in [2.45, 2.75) is 37.1 Å². The minimum atomic E-state index is -3.49. The summed E-state index contributed by atoms with van der Waals surface area (Å²) in [5, 5.41) is 5.70. The van der Waals surface area contributed by atoms with E-state index < -0.39 is 10.0 Å². The fourth-order valence-corrected chi connectivity index (χ4v) is 4.41. The van der Waals surface area contributed by atoms with Crippen molar-refractivity contribution < 1.29 is 13.2 Å². The first-order valence-electron chi connectivity index (χ1n) is 8.05. The topological polar surface area (TPSA) is 78.5 Å². The van der Waals surface area contributed by atoms with Crippen LogP contribution in [0.4, 0.5) is 0 Å². The molecule has 2 N–H and O–H groups in total. The number of amides is 1. The molecule has 1 saturated heterocycles. The monoisotopic (exact) mass is 339 g/mol. The molecule has 1 amide bonds. The molecule has 0 saturated carbocycles. The van der Waals surface area contributed by atoms with Crippen LogP contribution >= 0.6 is 0 Å². The van der Waals surface area contributed by atoms with Gasteiger partial charge in [0.1, 0.15) is 0 Å². The second-order valence-electron chi connectivity index (χ2n) is 5.70. The zero-order valence-corrected chi connectivity index (χ0v) is 14.4. The number of sulfonamides is 1. The molecule has 7 heteroatoms. The molecule has 1 aliphatic rings. The largest absolute Gasteiger partial charge is 0.352 e. The maximum atomic E-state index is 12.8. The first-order valence-corrected chi connectivity index (χ1v) is 9.49. The third-order valence-corrected chi connectivity index (χ3v) is 5.98. The zero-order chi connectivity index (χ0) is 16.7. The maximum absolute atomic E-state index is 12.8. The molecule has 0 aliphatic carbocycles. The van der Waals surface area contributed by atoms with Crippen molar-refractivity contribution >= 4 is 15.9 Å². The Balaban J connectivity index is 2.12. The molecule has 6 nitrogen and oxygen atoms in total. The van der Waals surface area contributed by atoms with E-state index in [2.05, 4.69) is 10.6 Å². The molecule has 1 aromatic carbocycles. The molecule has 1 aliphatic heterocycles. The number of carbonyl (C=O) groups is 1. The van der Waals surface area contributed by atoms with E-state index in [1.54, 1.807) is 35.6 Å². The van der Waals surface area contributed by atoms with E-state index in [1.165, 1.54) is 0 Å². The van der Waals surface area contributed by atoms with E-state index in [9.17, 15) is 13.2 Å². The summed E-state index contributed by atoms with van der Waals surface area (Å²) in [6.45, 7) is 1.97. The second kappa shape index (κ2) is 8.42. The highest BCUT2D eigenvalue weighted by atomic mass is 32.2. The van der Waals surface area contributed by atoms with Gasteiger partial charge in [0.2, 0.25) is 15.9 Å². The van der Waals surface area contributed by atoms with E-state index >= 15 is 0 Å². The number of hydrogen-bond acceptors (Lipinski definition) is 4. The quantitative estimate of drug-likeness (QED) is 0.779. The molecule has 1 heterocycles. The average Bonchev–Trinajstić information content (AvgIpc) is 2.59. The van der Waals surface area contributed by atoms with Gasteiger partial charge in [0.15, 0.2) is 0 Å². The van der Waals surface area contributed by atoms with Crippen molar-refractivity contribution in [2.75, 3.05) is 26.7 Å². The molecule has 1 aromatic rings. The number of carbonyl (C=O) groups excluding carboxylic acids is 1. The van der Waals surface area contributed by atoms with E-state index in [0.29, 0.717) is 36.5 Å². The van der Waals surface area contributed by atoms with Crippen LogP contribution in [0, 0.1) is 0 Å². The highest BCUT2D eigenvalue weighted by Crippen LogP contribution is 2.23. The van der Waals surface area contributed by atoms with Gasteiger partial charge in [-0.15, -0.1) is 0 Å². The molecule has 0 spiro atoms. The minimum absolute atomic E-state index is 0.0930. The summed E-state index contributed by atoms with van der Waals surface area (Å²) in [6.07, 6.45) is 3.26. The van der Waals surface area contributed by atoms with Crippen LogP contribution in [0.1, 0.15) is 31.2 Å². The Hall–Kier alpha value is -1.44. The van der Waals surface area contributed by atoms with Gasteiger partial charge in [0.05, 0.1) is 4.90 Å². The first-order chi connectivity index (χ1) is 11.1. The van der Waals surface area contributed by atoms with Gasteiger partial charge >= 0.3 is 0 Å². The summed E-state index contributed by atoms with van der Waals surface area (Å²) < 4.78 is 27.2. The Morgan fingerprint density at radius 2 is 1.87 bits per heavy atom. The van der Waals surface area contributed by atoms with Crippen LogP contribution in [-0.2, 0) is 21.4 Å². The van der Waals surface area contributed by atoms with Gasteiger partial charge in [-0.05, 0) is 31.5 Å². The molecule has 0 aromatic heterocycles. The van der Waals surface area contributed by atoms with Gasteiger partial charge in [-0.2, -0.15) is 4.31 Å². The van der Waals surface area contributed by atoms with Crippen LogP contribution in [0.5, 0.6) is 0 Å². The Bertz CT molecular complexity index is 625. The number of nitrogens with one attached hydrogen (secondary N) is 2. The Morgan fingerprint density at radius 3 is 2.57 bits per heavy atom. The van der Waals surface area contributed by atoms with Crippen LogP contribution in [0.3, 0.4) is 0 Å². The average molecular weight is 339 g/mol. The van der Waals surface area contributed by atoms with Crippen LogP contribution in [0.25, 0.3) is 0 Å². The number of hydrogen-bond donors (Lipinski definition) is 2. The molecule has 2 rings (SSSR count). The van der Waals surface area contributed by atoms with Gasteiger partial charge in [0, 0.05) is 32.6 Å². The van der Waals surface area contributed by atoms with Crippen molar-refractivity contribution in [3.05, 3.63) is 29.8 Å². The zero-order valence-electron chi connectivity index (χ0n) is 13.5. The van der Waals surface area contributed by atoms with Crippen LogP contribution in [0.15, 0.2) is 29.2 Å². The highest BCUT2D eigenvalue weighted by Gasteiger charge is 2.27. The first kappa shape index (κ1) is 17.9. The number of benzene rings is 1. The van der Waals surface area contributed by atoms with Gasteiger partial charge in [-0.25, -0.2) is 8.42 Å². The Morgan fingerprint density at radius 1 is 1.17 bits per heavy atom. The van der Waals surface area contributed by atoms with Crippen molar-refractivity contribution in [1.82, 2.24) is 14.9 Å². The lowest BCUT2D eigenvalue weighted by molar-refractivity contribution is -0.121. The standard InChI is InChI=1S/C16H25N3O3S/c1-17-10-9-16(20)18-13-14-7-3-4-8-15(14)23(21,22)19-11-5-2-6-12-19/h3-4,7-8,17H,2,5-6,9-13H2,1H3,(H,18,20). The maximum Gasteiger partial charge on any atom is 0.243 e. The molecule has 1 fully saturated rings. The molecule has 0 atom stereocenters. The summed E-state index contributed by atoms with van der Waals surface area (Å²) in [7, 11) is -1.70. The predicted molar refractivity (Wildman–Crippen MR) is 89.4 cm³/mol. The van der Waals surface area contributed by atoms with E-state index in [4.69, 9.17) is 0 Å². The smallest absolute Gasteiger partial charge is 0.243 e. The summed E-state index contributed by atoms with van der Waals surface area (Å²) in [5.74, 6) is -0.0930. The van der Waals surface area contributed by atoms with Gasteiger partial charge in [-0.3, -0.25) is 4.79 Å². The summed E-state index contributed by atoms with van der Waals surface area (Å²) >= 11 is 0. The van der Waals surface area contributed by atoms with Crippen molar-refractivity contribution in [3.63, 3.8) is 0 Å². The van der Waals surface area contributed by atoms with Crippen molar-refractivity contribution in [2.24, 2.45) is 0 Å². The normalized spacial score (nSPS) is 16.2. The molecular formula is C16H25N3O3S. The second-order valence-corrected chi connectivity index (χ2v) is 7.61. The molecule has 0 unspecified atom stereocenters. The predicted octanol–water partition coefficient (Wildman–Crippen LogP) is 1.09. The Labute approximate surface area is 138 Å². The van der Waals surface area contributed by atoms with Gasteiger partial charge in [0.25, 0.3) is 0 Å². The fourth-order valence-electron chi connectivity index (χ4n) is 2.67. The van der Waals surface area contributed by atoms with E-state index in [0.717, 1.165) is 19.3 Å². The van der Waals surface area contributed by atoms with Crippen LogP contribution < -0.4 is 10.6 Å². The lowest BCUT2D eigenvalue weighted by atomic mass is 10.2. The SMILES string of the molecule is CNCCC(=O)NCc1ccccc1S(=O)(=O)N1CCCCC1.